The van der Waals surface area contributed by atoms with Crippen molar-refractivity contribution in [2.45, 2.75) is 20.3 Å². The summed E-state index contributed by atoms with van der Waals surface area (Å²) in [7, 11) is 0. The van der Waals surface area contributed by atoms with Gasteiger partial charge in [-0.15, -0.1) is 0 Å². The topological polar surface area (TPSA) is 0 Å². The van der Waals surface area contributed by atoms with Crippen molar-refractivity contribution < 1.29 is 8.78 Å². The summed E-state index contributed by atoms with van der Waals surface area (Å²) in [5.41, 5.74) is 0.395. The lowest BCUT2D eigenvalue weighted by molar-refractivity contribution is 0.533. The molecule has 0 heterocycles. The summed E-state index contributed by atoms with van der Waals surface area (Å²) >= 11 is 2.85. The van der Waals surface area contributed by atoms with Crippen molar-refractivity contribution in [3.8, 4) is 0 Å². The van der Waals surface area contributed by atoms with Crippen molar-refractivity contribution in [1.82, 2.24) is 0 Å². The summed E-state index contributed by atoms with van der Waals surface area (Å²) < 4.78 is 26.0. The summed E-state index contributed by atoms with van der Waals surface area (Å²) in [4.78, 5) is 0. The molecule has 0 atom stereocenters. The second kappa shape index (κ2) is 5.25. The van der Waals surface area contributed by atoms with Crippen LogP contribution in [0, 0.1) is 0 Å². The van der Waals surface area contributed by atoms with Crippen LogP contribution in [0.3, 0.4) is 0 Å². The molecule has 12 heavy (non-hydrogen) atoms. The van der Waals surface area contributed by atoms with Crippen LogP contribution in [0.5, 0.6) is 0 Å². The summed E-state index contributed by atoms with van der Waals surface area (Å²) in [6, 6.07) is 0. The first kappa shape index (κ1) is 11.6. The summed E-state index contributed by atoms with van der Waals surface area (Å²) in [6.45, 7) is 6.64. The summed E-state index contributed by atoms with van der Waals surface area (Å²) in [5, 5.41) is 0. The molecule has 0 rings (SSSR count). The van der Waals surface area contributed by atoms with E-state index in [0.717, 1.165) is 0 Å². The molecule has 68 valence electrons. The third kappa shape index (κ3) is 2.89. The highest BCUT2D eigenvalue weighted by atomic mass is 79.9. The largest absolute Gasteiger partial charge is 0.204 e. The minimum Gasteiger partial charge on any atom is -0.204 e. The lowest BCUT2D eigenvalue weighted by atomic mass is 10.2. The summed E-state index contributed by atoms with van der Waals surface area (Å²) in [5.74, 6) is -1.69. The molecule has 0 N–H and O–H groups in total. The number of halogens is 3. The molecule has 0 aromatic carbocycles. The molecule has 0 nitrogen and oxygen atoms in total. The number of allylic oxidation sites excluding steroid dienone is 5. The molecule has 0 bridgehead atoms. The van der Waals surface area contributed by atoms with E-state index in [1.165, 1.54) is 6.08 Å². The van der Waals surface area contributed by atoms with E-state index in [-0.39, 0.29) is 4.48 Å². The van der Waals surface area contributed by atoms with E-state index >= 15 is 0 Å². The fourth-order valence-corrected chi connectivity index (χ4v) is 0.711. The van der Waals surface area contributed by atoms with E-state index in [4.69, 9.17) is 0 Å². The molecule has 0 fully saturated rings. The van der Waals surface area contributed by atoms with Crippen molar-refractivity contribution in [2.24, 2.45) is 0 Å². The predicted octanol–water partition coefficient (Wildman–Crippen LogP) is 4.40. The smallest absolute Gasteiger partial charge is 0.172 e. The molecular formula is C9H11BrF2. The first-order chi connectivity index (χ1) is 5.54. The van der Waals surface area contributed by atoms with Crippen LogP contribution in [0.2, 0.25) is 0 Å². The number of hydrogen-bond acceptors (Lipinski definition) is 0. The monoisotopic (exact) mass is 236 g/mol. The number of hydrogen-bond donors (Lipinski definition) is 0. The van der Waals surface area contributed by atoms with E-state index in [0.29, 0.717) is 12.0 Å². The predicted molar refractivity (Wildman–Crippen MR) is 51.4 cm³/mol. The fraction of sp³-hybridized carbons (Fsp3) is 0.333. The Morgan fingerprint density at radius 3 is 2.25 bits per heavy atom. The summed E-state index contributed by atoms with van der Waals surface area (Å²) in [6.07, 6.45) is 1.72. The molecule has 3 heteroatoms. The van der Waals surface area contributed by atoms with Gasteiger partial charge in [-0.1, -0.05) is 19.6 Å². The first-order valence-corrected chi connectivity index (χ1v) is 4.37. The average molecular weight is 237 g/mol. The Hall–Kier alpha value is -0.440. The van der Waals surface area contributed by atoms with Gasteiger partial charge in [-0.25, -0.2) is 8.78 Å². The van der Waals surface area contributed by atoms with Gasteiger partial charge in [0.15, 0.2) is 11.7 Å². The van der Waals surface area contributed by atoms with Crippen LogP contribution >= 0.6 is 15.9 Å². The van der Waals surface area contributed by atoms with Crippen LogP contribution in [0.25, 0.3) is 0 Å². The van der Waals surface area contributed by atoms with E-state index in [9.17, 15) is 8.78 Å². The van der Waals surface area contributed by atoms with E-state index < -0.39 is 11.7 Å². The van der Waals surface area contributed by atoms with Gasteiger partial charge in [0.05, 0.1) is 4.48 Å². The van der Waals surface area contributed by atoms with E-state index in [1.54, 1.807) is 13.8 Å². The Morgan fingerprint density at radius 2 is 1.92 bits per heavy atom. The third-order valence-corrected chi connectivity index (χ3v) is 2.16. The molecular weight excluding hydrogens is 226 g/mol. The Morgan fingerprint density at radius 1 is 1.42 bits per heavy atom. The normalized spacial score (nSPS) is 15.1. The third-order valence-electron chi connectivity index (χ3n) is 1.49. The second-order valence-electron chi connectivity index (χ2n) is 2.31. The highest BCUT2D eigenvalue weighted by Crippen LogP contribution is 2.26. The molecule has 0 spiro atoms. The van der Waals surface area contributed by atoms with Crippen molar-refractivity contribution >= 4 is 15.9 Å². The number of rotatable bonds is 3. The average Bonchev–Trinajstić information content (AvgIpc) is 2.12. The molecule has 0 aliphatic rings. The Bertz CT molecular complexity index is 239. The molecule has 0 aromatic heterocycles. The van der Waals surface area contributed by atoms with Crippen LogP contribution in [-0.2, 0) is 0 Å². The van der Waals surface area contributed by atoms with Gasteiger partial charge in [0.25, 0.3) is 0 Å². The Kier molecular flexibility index (Phi) is 5.06. The highest BCUT2D eigenvalue weighted by Gasteiger charge is 2.09. The molecule has 0 radical (unpaired) electrons. The molecule has 0 aliphatic carbocycles. The quantitative estimate of drug-likeness (QED) is 0.638. The van der Waals surface area contributed by atoms with Crippen LogP contribution in [0.4, 0.5) is 8.78 Å². The lowest BCUT2D eigenvalue weighted by Gasteiger charge is -1.99. The molecule has 0 aliphatic heterocycles. The zero-order valence-electron chi connectivity index (χ0n) is 7.13. The van der Waals surface area contributed by atoms with Gasteiger partial charge < -0.3 is 0 Å². The lowest BCUT2D eigenvalue weighted by Crippen LogP contribution is -1.84. The SMILES string of the molecule is C=C/C(Br)=C(F)\C(F)=C(/C)CC. The molecule has 0 saturated heterocycles. The minimum atomic E-state index is -0.885. The molecule has 0 amide bonds. The van der Waals surface area contributed by atoms with Gasteiger partial charge in [0.1, 0.15) is 0 Å². The molecule has 0 aromatic rings. The first-order valence-electron chi connectivity index (χ1n) is 3.57. The zero-order chi connectivity index (χ0) is 9.72. The van der Waals surface area contributed by atoms with Gasteiger partial charge in [-0.05, 0) is 34.8 Å². The van der Waals surface area contributed by atoms with Crippen molar-refractivity contribution in [1.29, 1.82) is 0 Å². The van der Waals surface area contributed by atoms with Gasteiger partial charge in [0.2, 0.25) is 0 Å². The Balaban J connectivity index is 4.94. The van der Waals surface area contributed by atoms with Gasteiger partial charge in [-0.2, -0.15) is 0 Å². The van der Waals surface area contributed by atoms with Crippen LogP contribution in [0.1, 0.15) is 20.3 Å². The van der Waals surface area contributed by atoms with Crippen molar-refractivity contribution in [3.63, 3.8) is 0 Å². The molecule has 0 saturated carbocycles. The van der Waals surface area contributed by atoms with Crippen LogP contribution in [-0.4, -0.2) is 0 Å². The van der Waals surface area contributed by atoms with E-state index in [1.807, 2.05) is 0 Å². The van der Waals surface area contributed by atoms with Gasteiger partial charge >= 0.3 is 0 Å². The molecule has 0 unspecified atom stereocenters. The van der Waals surface area contributed by atoms with Crippen molar-refractivity contribution in [3.05, 3.63) is 34.4 Å². The maximum Gasteiger partial charge on any atom is 0.172 e. The maximum absolute atomic E-state index is 13.0. The van der Waals surface area contributed by atoms with Gasteiger partial charge in [-0.3, -0.25) is 0 Å². The minimum absolute atomic E-state index is 0.0489. The van der Waals surface area contributed by atoms with Crippen molar-refractivity contribution in [2.75, 3.05) is 0 Å². The maximum atomic E-state index is 13.0. The highest BCUT2D eigenvalue weighted by molar-refractivity contribution is 9.11. The standard InChI is InChI=1S/C9H11BrF2/c1-4-6(3)8(11)9(12)7(10)5-2/h5H,2,4H2,1,3H3/b8-6-,9-7-. The van der Waals surface area contributed by atoms with Crippen LogP contribution < -0.4 is 0 Å². The zero-order valence-corrected chi connectivity index (χ0v) is 8.71. The second-order valence-corrected chi connectivity index (χ2v) is 3.17. The Labute approximate surface area is 79.8 Å². The van der Waals surface area contributed by atoms with Gasteiger partial charge in [0, 0.05) is 0 Å². The van der Waals surface area contributed by atoms with E-state index in [2.05, 4.69) is 22.5 Å². The van der Waals surface area contributed by atoms with Crippen LogP contribution in [0.15, 0.2) is 34.4 Å². The fourth-order valence-electron chi connectivity index (χ4n) is 0.537.